The number of carbonyl (C=O) groups excluding carboxylic acids is 1. The van der Waals surface area contributed by atoms with Gasteiger partial charge in [-0.2, -0.15) is 0 Å². The second-order valence-electron chi connectivity index (χ2n) is 7.03. The maximum Gasteiger partial charge on any atom is 0.258 e. The summed E-state index contributed by atoms with van der Waals surface area (Å²) in [5.74, 6) is -0.255. The summed E-state index contributed by atoms with van der Waals surface area (Å²) in [4.78, 5) is 23.1. The van der Waals surface area contributed by atoms with E-state index < -0.39 is 5.60 Å². The minimum Gasteiger partial charge on any atom is -0.375 e. The van der Waals surface area contributed by atoms with Crippen molar-refractivity contribution in [3.8, 4) is 16.4 Å². The highest BCUT2D eigenvalue weighted by Gasteiger charge is 2.45. The van der Waals surface area contributed by atoms with E-state index in [1.54, 1.807) is 35.5 Å². The molecule has 0 unspecified atom stereocenters. The van der Waals surface area contributed by atoms with E-state index in [-0.39, 0.29) is 5.91 Å². The Kier molecular flexibility index (Phi) is 3.82. The standard InChI is InChI=1S/C21H18N4O2S/c1-24-11-8-21(27,19(24)26)15-5-2-4-14(12-15)17-13-28-20(23-17)25-10-7-16-18(25)6-3-9-22-16/h2-7,9-10,12-13,27H,8,11H2,1H3/t21-/m0/s1. The van der Waals surface area contributed by atoms with Crippen LogP contribution in [0.1, 0.15) is 12.0 Å². The molecule has 1 saturated heterocycles. The van der Waals surface area contributed by atoms with Gasteiger partial charge in [-0.05, 0) is 29.8 Å². The fourth-order valence-electron chi connectivity index (χ4n) is 3.70. The zero-order valence-corrected chi connectivity index (χ0v) is 16.1. The molecule has 1 amide bonds. The predicted molar refractivity (Wildman–Crippen MR) is 108 cm³/mol. The van der Waals surface area contributed by atoms with Crippen LogP contribution in [0.25, 0.3) is 27.4 Å². The number of nitrogens with zero attached hydrogens (tertiary/aromatic N) is 4. The van der Waals surface area contributed by atoms with Crippen molar-refractivity contribution in [2.75, 3.05) is 13.6 Å². The van der Waals surface area contributed by atoms with E-state index in [0.29, 0.717) is 18.5 Å². The molecule has 1 fully saturated rings. The molecule has 1 aliphatic rings. The average Bonchev–Trinajstić information content (AvgIpc) is 3.43. The summed E-state index contributed by atoms with van der Waals surface area (Å²) < 4.78 is 2.02. The smallest absolute Gasteiger partial charge is 0.258 e. The van der Waals surface area contributed by atoms with Crippen LogP contribution in [0.2, 0.25) is 0 Å². The van der Waals surface area contributed by atoms with Crippen molar-refractivity contribution in [2.45, 2.75) is 12.0 Å². The van der Waals surface area contributed by atoms with Gasteiger partial charge in [-0.1, -0.05) is 18.2 Å². The Morgan fingerprint density at radius 1 is 1.21 bits per heavy atom. The molecule has 28 heavy (non-hydrogen) atoms. The van der Waals surface area contributed by atoms with Crippen LogP contribution in [-0.2, 0) is 10.4 Å². The minimum absolute atomic E-state index is 0.255. The molecule has 0 aliphatic carbocycles. The van der Waals surface area contributed by atoms with Gasteiger partial charge in [-0.25, -0.2) is 4.98 Å². The quantitative estimate of drug-likeness (QED) is 0.583. The first-order valence-electron chi connectivity index (χ1n) is 9.03. The van der Waals surface area contributed by atoms with Crippen molar-refractivity contribution in [1.82, 2.24) is 19.4 Å². The highest BCUT2D eigenvalue weighted by atomic mass is 32.1. The van der Waals surface area contributed by atoms with Gasteiger partial charge in [-0.3, -0.25) is 14.3 Å². The largest absolute Gasteiger partial charge is 0.375 e. The van der Waals surface area contributed by atoms with Crippen LogP contribution >= 0.6 is 11.3 Å². The molecular formula is C21H18N4O2S. The summed E-state index contributed by atoms with van der Waals surface area (Å²) in [6, 6.07) is 13.4. The number of hydrogen-bond donors (Lipinski definition) is 1. The lowest BCUT2D eigenvalue weighted by Gasteiger charge is -2.21. The fourth-order valence-corrected chi connectivity index (χ4v) is 4.53. The Balaban J connectivity index is 1.52. The first-order chi connectivity index (χ1) is 13.6. The molecule has 5 rings (SSSR count). The molecule has 3 aromatic heterocycles. The number of fused-ring (bicyclic) bond motifs is 1. The Morgan fingerprint density at radius 3 is 2.93 bits per heavy atom. The third-order valence-corrected chi connectivity index (χ3v) is 6.14. The number of thiazole rings is 1. The number of carbonyl (C=O) groups is 1. The van der Waals surface area contributed by atoms with Gasteiger partial charge in [0.25, 0.3) is 5.91 Å². The third-order valence-electron chi connectivity index (χ3n) is 5.30. The van der Waals surface area contributed by atoms with Crippen LogP contribution < -0.4 is 0 Å². The topological polar surface area (TPSA) is 71.2 Å². The Labute approximate surface area is 165 Å². The maximum atomic E-state index is 12.4. The molecule has 1 atom stereocenters. The van der Waals surface area contributed by atoms with Gasteiger partial charge in [0.2, 0.25) is 0 Å². The lowest BCUT2D eigenvalue weighted by Crippen LogP contribution is -2.36. The lowest BCUT2D eigenvalue weighted by atomic mass is 9.91. The molecule has 0 spiro atoms. The van der Waals surface area contributed by atoms with E-state index in [0.717, 1.165) is 27.4 Å². The summed E-state index contributed by atoms with van der Waals surface area (Å²) >= 11 is 1.54. The molecule has 0 bridgehead atoms. The number of hydrogen-bond acceptors (Lipinski definition) is 5. The highest BCUT2D eigenvalue weighted by molar-refractivity contribution is 7.12. The van der Waals surface area contributed by atoms with Crippen molar-refractivity contribution in [3.63, 3.8) is 0 Å². The summed E-state index contributed by atoms with van der Waals surface area (Å²) in [6.45, 7) is 0.551. The van der Waals surface area contributed by atoms with Crippen molar-refractivity contribution in [1.29, 1.82) is 0 Å². The molecule has 1 aliphatic heterocycles. The zero-order valence-electron chi connectivity index (χ0n) is 15.2. The van der Waals surface area contributed by atoms with E-state index in [9.17, 15) is 9.90 Å². The predicted octanol–water partition coefficient (Wildman–Crippen LogP) is 3.20. The molecular weight excluding hydrogens is 372 g/mol. The van der Waals surface area contributed by atoms with Crippen LogP contribution in [0.15, 0.2) is 60.2 Å². The number of rotatable bonds is 3. The van der Waals surface area contributed by atoms with Crippen molar-refractivity contribution < 1.29 is 9.90 Å². The Bertz CT molecular complexity index is 1200. The van der Waals surface area contributed by atoms with Gasteiger partial charge < -0.3 is 10.0 Å². The number of aliphatic hydroxyl groups is 1. The summed E-state index contributed by atoms with van der Waals surface area (Å²) in [5, 5.41) is 13.8. The van der Waals surface area contributed by atoms with E-state index in [1.165, 1.54) is 0 Å². The Morgan fingerprint density at radius 2 is 2.11 bits per heavy atom. The van der Waals surface area contributed by atoms with E-state index in [2.05, 4.69) is 4.98 Å². The molecule has 140 valence electrons. The van der Waals surface area contributed by atoms with Crippen LogP contribution in [0.3, 0.4) is 0 Å². The highest BCUT2D eigenvalue weighted by Crippen LogP contribution is 2.35. The molecule has 4 aromatic rings. The second-order valence-corrected chi connectivity index (χ2v) is 7.86. The molecule has 6 nitrogen and oxygen atoms in total. The monoisotopic (exact) mass is 390 g/mol. The maximum absolute atomic E-state index is 12.4. The van der Waals surface area contributed by atoms with Gasteiger partial charge in [0, 0.05) is 43.4 Å². The van der Waals surface area contributed by atoms with E-state index >= 15 is 0 Å². The lowest BCUT2D eigenvalue weighted by molar-refractivity contribution is -0.143. The fraction of sp³-hybridized carbons (Fsp3) is 0.190. The SMILES string of the molecule is CN1CC[C@](O)(c2cccc(-c3csc(-n4ccc5ncccc54)n3)c2)C1=O. The first-order valence-corrected chi connectivity index (χ1v) is 9.91. The van der Waals surface area contributed by atoms with Crippen LogP contribution in [-0.4, -0.2) is 44.0 Å². The number of amides is 1. The Hall–Kier alpha value is -3.03. The molecule has 0 saturated carbocycles. The third kappa shape index (κ3) is 2.55. The summed E-state index contributed by atoms with van der Waals surface area (Å²) in [7, 11) is 1.72. The van der Waals surface area contributed by atoms with Crippen LogP contribution in [0.5, 0.6) is 0 Å². The molecule has 1 N–H and O–H groups in total. The number of likely N-dealkylation sites (N-methyl/N-ethyl adjacent to an activating group) is 1. The molecule has 4 heterocycles. The first kappa shape index (κ1) is 17.1. The van der Waals surface area contributed by atoms with Gasteiger partial charge in [0.05, 0.1) is 16.7 Å². The number of pyridine rings is 1. The minimum atomic E-state index is -1.45. The van der Waals surface area contributed by atoms with Crippen molar-refractivity contribution >= 4 is 28.3 Å². The summed E-state index contributed by atoms with van der Waals surface area (Å²) in [6.07, 6.45) is 4.14. The van der Waals surface area contributed by atoms with Gasteiger partial charge in [-0.15, -0.1) is 11.3 Å². The number of aromatic nitrogens is 3. The van der Waals surface area contributed by atoms with Gasteiger partial charge >= 0.3 is 0 Å². The summed E-state index contributed by atoms with van der Waals surface area (Å²) in [5.41, 5.74) is 2.79. The number of likely N-dealkylation sites (tertiary alicyclic amines) is 1. The van der Waals surface area contributed by atoms with E-state index in [1.807, 2.05) is 52.5 Å². The molecule has 7 heteroatoms. The second kappa shape index (κ2) is 6.25. The normalized spacial score (nSPS) is 19.6. The van der Waals surface area contributed by atoms with Crippen molar-refractivity contribution in [2.24, 2.45) is 0 Å². The number of benzene rings is 1. The average molecular weight is 390 g/mol. The van der Waals surface area contributed by atoms with Crippen molar-refractivity contribution in [3.05, 3.63) is 65.8 Å². The van der Waals surface area contributed by atoms with Crippen LogP contribution in [0, 0.1) is 0 Å². The van der Waals surface area contributed by atoms with E-state index in [4.69, 9.17) is 4.98 Å². The van der Waals surface area contributed by atoms with Gasteiger partial charge in [0.15, 0.2) is 10.7 Å². The van der Waals surface area contributed by atoms with Crippen LogP contribution in [0.4, 0.5) is 0 Å². The molecule has 1 aromatic carbocycles. The zero-order chi connectivity index (χ0) is 19.3. The van der Waals surface area contributed by atoms with Gasteiger partial charge in [0.1, 0.15) is 0 Å². The molecule has 0 radical (unpaired) electrons.